The number of benzene rings is 1. The third-order valence-electron chi connectivity index (χ3n) is 4.22. The second-order valence-corrected chi connectivity index (χ2v) is 6.09. The molecule has 0 amide bonds. The highest BCUT2D eigenvalue weighted by Gasteiger charge is 2.16. The molecular formula is C19H33NO3. The van der Waals surface area contributed by atoms with Gasteiger partial charge in [0.15, 0.2) is 0 Å². The Balaban J connectivity index is 2.40. The van der Waals surface area contributed by atoms with E-state index in [0.29, 0.717) is 25.8 Å². The molecule has 1 N–H and O–H groups in total. The predicted molar refractivity (Wildman–Crippen MR) is 94.9 cm³/mol. The van der Waals surface area contributed by atoms with Gasteiger partial charge in [-0.05, 0) is 32.4 Å². The molecule has 0 aliphatic rings. The molecule has 0 radical (unpaired) electrons. The first-order valence-corrected chi connectivity index (χ1v) is 8.74. The molecule has 1 aromatic rings. The first-order chi connectivity index (χ1) is 11.1. The third-order valence-corrected chi connectivity index (χ3v) is 4.22. The van der Waals surface area contributed by atoms with Gasteiger partial charge in [-0.15, -0.1) is 0 Å². The van der Waals surface area contributed by atoms with E-state index in [2.05, 4.69) is 25.7 Å². The van der Waals surface area contributed by atoms with Crippen molar-refractivity contribution >= 4 is 0 Å². The third kappa shape index (κ3) is 7.34. The fourth-order valence-electron chi connectivity index (χ4n) is 2.56. The SMILES string of the molecule is CCCCN(C[C@@H](O)COCc1ccccc1OC)[C@@H](C)CC. The fourth-order valence-corrected chi connectivity index (χ4v) is 2.56. The number of unbranched alkanes of at least 4 members (excludes halogenated alkanes) is 1. The summed E-state index contributed by atoms with van der Waals surface area (Å²) in [5.41, 5.74) is 1.01. The van der Waals surface area contributed by atoms with E-state index >= 15 is 0 Å². The number of para-hydroxylation sites is 1. The number of aliphatic hydroxyl groups is 1. The first kappa shape index (κ1) is 19.9. The number of hydrogen-bond donors (Lipinski definition) is 1. The number of aliphatic hydroxyl groups excluding tert-OH is 1. The van der Waals surface area contributed by atoms with E-state index in [-0.39, 0.29) is 0 Å². The standard InChI is InChI=1S/C19H33NO3/c1-5-7-12-20(16(3)6-2)13-18(21)15-23-14-17-10-8-9-11-19(17)22-4/h8-11,16,18,21H,5-7,12-15H2,1-4H3/t16-,18+/m0/s1. The second kappa shape index (κ2) is 11.4. The maximum Gasteiger partial charge on any atom is 0.124 e. The number of hydrogen-bond acceptors (Lipinski definition) is 4. The Morgan fingerprint density at radius 2 is 1.96 bits per heavy atom. The van der Waals surface area contributed by atoms with Crippen LogP contribution in [0.1, 0.15) is 45.6 Å². The van der Waals surface area contributed by atoms with E-state index < -0.39 is 6.10 Å². The summed E-state index contributed by atoms with van der Waals surface area (Å²) in [5, 5.41) is 10.3. The van der Waals surface area contributed by atoms with Gasteiger partial charge in [0.05, 0.1) is 26.4 Å². The molecule has 23 heavy (non-hydrogen) atoms. The molecule has 1 aromatic carbocycles. The molecule has 0 spiro atoms. The number of nitrogens with zero attached hydrogens (tertiary/aromatic N) is 1. The molecule has 0 bridgehead atoms. The Labute approximate surface area is 141 Å². The van der Waals surface area contributed by atoms with E-state index in [1.165, 1.54) is 12.8 Å². The predicted octanol–water partition coefficient (Wildman–Crippen LogP) is 3.47. The monoisotopic (exact) mass is 323 g/mol. The average Bonchev–Trinajstić information content (AvgIpc) is 2.58. The van der Waals surface area contributed by atoms with Gasteiger partial charge in [-0.25, -0.2) is 0 Å². The minimum absolute atomic E-state index is 0.344. The molecule has 0 saturated heterocycles. The highest BCUT2D eigenvalue weighted by molar-refractivity contribution is 5.32. The van der Waals surface area contributed by atoms with Crippen molar-refractivity contribution in [3.05, 3.63) is 29.8 Å². The lowest BCUT2D eigenvalue weighted by molar-refractivity contribution is 0.00259. The van der Waals surface area contributed by atoms with E-state index in [4.69, 9.17) is 9.47 Å². The van der Waals surface area contributed by atoms with Gasteiger partial charge in [0.2, 0.25) is 0 Å². The van der Waals surface area contributed by atoms with Crippen LogP contribution < -0.4 is 4.74 Å². The summed E-state index contributed by atoms with van der Waals surface area (Å²) in [7, 11) is 1.66. The molecule has 0 unspecified atom stereocenters. The molecule has 1 rings (SSSR count). The topological polar surface area (TPSA) is 41.9 Å². The zero-order valence-corrected chi connectivity index (χ0v) is 15.1. The first-order valence-electron chi connectivity index (χ1n) is 8.74. The quantitative estimate of drug-likeness (QED) is 0.639. The molecule has 0 aliphatic carbocycles. The summed E-state index contributed by atoms with van der Waals surface area (Å²) in [4.78, 5) is 2.36. The maximum atomic E-state index is 10.3. The van der Waals surface area contributed by atoms with E-state index in [1.807, 2.05) is 24.3 Å². The molecule has 0 heterocycles. The highest BCUT2D eigenvalue weighted by atomic mass is 16.5. The van der Waals surface area contributed by atoms with Gasteiger partial charge in [-0.3, -0.25) is 4.90 Å². The van der Waals surface area contributed by atoms with Crippen LogP contribution in [-0.4, -0.2) is 49.0 Å². The van der Waals surface area contributed by atoms with Crippen LogP contribution in [0.4, 0.5) is 0 Å². The summed E-state index contributed by atoms with van der Waals surface area (Å²) in [6.45, 7) is 9.11. The normalized spacial score (nSPS) is 14.0. The number of methoxy groups -OCH3 is 1. The lowest BCUT2D eigenvalue weighted by Crippen LogP contribution is -2.40. The molecule has 132 valence electrons. The van der Waals surface area contributed by atoms with Crippen LogP contribution in [0.2, 0.25) is 0 Å². The smallest absolute Gasteiger partial charge is 0.124 e. The maximum absolute atomic E-state index is 10.3. The van der Waals surface area contributed by atoms with Crippen molar-refractivity contribution in [1.82, 2.24) is 4.90 Å². The fraction of sp³-hybridized carbons (Fsp3) is 0.684. The van der Waals surface area contributed by atoms with Crippen molar-refractivity contribution < 1.29 is 14.6 Å². The molecule has 0 saturated carbocycles. The van der Waals surface area contributed by atoms with Gasteiger partial charge >= 0.3 is 0 Å². The molecule has 0 aromatic heterocycles. The summed E-state index contributed by atoms with van der Waals surface area (Å²) in [6, 6.07) is 8.30. The lowest BCUT2D eigenvalue weighted by Gasteiger charge is -2.30. The summed E-state index contributed by atoms with van der Waals surface area (Å²) in [6.07, 6.45) is 2.97. The van der Waals surface area contributed by atoms with Crippen LogP contribution in [-0.2, 0) is 11.3 Å². The van der Waals surface area contributed by atoms with Crippen LogP contribution in [0.15, 0.2) is 24.3 Å². The van der Waals surface area contributed by atoms with Gasteiger partial charge in [0.1, 0.15) is 5.75 Å². The van der Waals surface area contributed by atoms with E-state index in [9.17, 15) is 5.11 Å². The summed E-state index contributed by atoms with van der Waals surface area (Å²) in [5.74, 6) is 0.825. The summed E-state index contributed by atoms with van der Waals surface area (Å²) >= 11 is 0. The molecule has 0 fully saturated rings. The average molecular weight is 323 g/mol. The Morgan fingerprint density at radius 3 is 2.61 bits per heavy atom. The lowest BCUT2D eigenvalue weighted by atomic mass is 10.1. The molecule has 4 nitrogen and oxygen atoms in total. The molecule has 0 aliphatic heterocycles. The summed E-state index contributed by atoms with van der Waals surface area (Å²) < 4.78 is 11.0. The van der Waals surface area contributed by atoms with Gasteiger partial charge < -0.3 is 14.6 Å². The van der Waals surface area contributed by atoms with Crippen LogP contribution in [0.3, 0.4) is 0 Å². The number of ether oxygens (including phenoxy) is 2. The van der Waals surface area contributed by atoms with Crippen LogP contribution >= 0.6 is 0 Å². The Kier molecular flexibility index (Phi) is 9.92. The van der Waals surface area contributed by atoms with Crippen molar-refractivity contribution in [2.75, 3.05) is 26.8 Å². The van der Waals surface area contributed by atoms with Crippen molar-refractivity contribution in [2.45, 2.75) is 58.8 Å². The van der Waals surface area contributed by atoms with E-state index in [1.54, 1.807) is 7.11 Å². The van der Waals surface area contributed by atoms with Crippen LogP contribution in [0, 0.1) is 0 Å². The second-order valence-electron chi connectivity index (χ2n) is 6.09. The Hall–Kier alpha value is -1.10. The Morgan fingerprint density at radius 1 is 1.22 bits per heavy atom. The minimum atomic E-state index is -0.462. The van der Waals surface area contributed by atoms with Crippen LogP contribution in [0.25, 0.3) is 0 Å². The van der Waals surface area contributed by atoms with Crippen LogP contribution in [0.5, 0.6) is 5.75 Å². The van der Waals surface area contributed by atoms with Gasteiger partial charge in [0.25, 0.3) is 0 Å². The zero-order chi connectivity index (χ0) is 17.1. The van der Waals surface area contributed by atoms with Gasteiger partial charge in [-0.1, -0.05) is 38.5 Å². The molecule has 2 atom stereocenters. The van der Waals surface area contributed by atoms with Crippen molar-refractivity contribution in [3.8, 4) is 5.75 Å². The Bertz CT molecular complexity index is 425. The van der Waals surface area contributed by atoms with Gasteiger partial charge in [-0.2, -0.15) is 0 Å². The zero-order valence-electron chi connectivity index (χ0n) is 15.1. The van der Waals surface area contributed by atoms with Crippen molar-refractivity contribution in [3.63, 3.8) is 0 Å². The van der Waals surface area contributed by atoms with Gasteiger partial charge in [0, 0.05) is 18.2 Å². The molecular weight excluding hydrogens is 290 g/mol. The number of rotatable bonds is 12. The largest absolute Gasteiger partial charge is 0.496 e. The highest BCUT2D eigenvalue weighted by Crippen LogP contribution is 2.18. The van der Waals surface area contributed by atoms with Crippen molar-refractivity contribution in [1.29, 1.82) is 0 Å². The van der Waals surface area contributed by atoms with Crippen molar-refractivity contribution in [2.24, 2.45) is 0 Å². The minimum Gasteiger partial charge on any atom is -0.496 e. The molecule has 4 heteroatoms. The van der Waals surface area contributed by atoms with E-state index in [0.717, 1.165) is 24.3 Å².